The molecule has 0 radical (unpaired) electrons. The van der Waals surface area contributed by atoms with E-state index in [1.54, 1.807) is 0 Å². The fraction of sp³-hybridized carbons (Fsp3) is 0. The normalized spacial score (nSPS) is 12.3. The fourth-order valence-corrected chi connectivity index (χ4v) is 7.44. The predicted molar refractivity (Wildman–Crippen MR) is 178 cm³/mol. The molecular formula is C40H24N2. The van der Waals surface area contributed by atoms with Crippen molar-refractivity contribution in [3.63, 3.8) is 0 Å². The van der Waals surface area contributed by atoms with E-state index in [-0.39, 0.29) is 0 Å². The smallest absolute Gasteiger partial charge is 0.0625 e. The molecule has 0 amide bonds. The van der Waals surface area contributed by atoms with Crippen LogP contribution in [0, 0.1) is 0 Å². The molecule has 0 aliphatic carbocycles. The van der Waals surface area contributed by atoms with Crippen molar-refractivity contribution in [3.05, 3.63) is 146 Å². The Morgan fingerprint density at radius 2 is 0.952 bits per heavy atom. The summed E-state index contributed by atoms with van der Waals surface area (Å²) in [6, 6.07) is 53.5. The number of hydrogen-bond donors (Lipinski definition) is 0. The second kappa shape index (κ2) is 7.99. The van der Waals surface area contributed by atoms with Gasteiger partial charge in [0.25, 0.3) is 0 Å². The van der Waals surface area contributed by atoms with Crippen LogP contribution in [-0.2, 0) is 0 Å². The molecule has 0 aliphatic heterocycles. The van der Waals surface area contributed by atoms with Crippen molar-refractivity contribution in [1.29, 1.82) is 0 Å². The second-order valence-electron chi connectivity index (χ2n) is 11.4. The number of rotatable bonds is 2. The van der Waals surface area contributed by atoms with Crippen LogP contribution in [0.25, 0.3) is 87.5 Å². The van der Waals surface area contributed by atoms with Gasteiger partial charge in [-0.25, -0.2) is 0 Å². The minimum absolute atomic E-state index is 1.18. The molecule has 0 aliphatic rings. The van der Waals surface area contributed by atoms with Gasteiger partial charge in [0.2, 0.25) is 0 Å². The second-order valence-corrected chi connectivity index (χ2v) is 11.4. The quantitative estimate of drug-likeness (QED) is 0.155. The molecule has 3 heterocycles. The van der Waals surface area contributed by atoms with Crippen molar-refractivity contribution in [2.45, 2.75) is 0 Å². The molecular weight excluding hydrogens is 508 g/mol. The van der Waals surface area contributed by atoms with Crippen LogP contribution in [0.1, 0.15) is 0 Å². The lowest BCUT2D eigenvalue weighted by Crippen LogP contribution is -1.92. The number of pyridine rings is 1. The number of para-hydroxylation sites is 3. The first-order chi connectivity index (χ1) is 20.8. The number of hydrogen-bond acceptors (Lipinski definition) is 0. The van der Waals surface area contributed by atoms with Crippen LogP contribution in [0.5, 0.6) is 0 Å². The van der Waals surface area contributed by atoms with Gasteiger partial charge in [0, 0.05) is 38.0 Å². The van der Waals surface area contributed by atoms with E-state index >= 15 is 0 Å². The van der Waals surface area contributed by atoms with Gasteiger partial charge in [-0.15, -0.1) is 0 Å². The van der Waals surface area contributed by atoms with Crippen LogP contribution >= 0.6 is 0 Å². The van der Waals surface area contributed by atoms with Crippen LogP contribution in [0.3, 0.4) is 0 Å². The standard InChI is InChI=1S/C40H24N2/c1-2-10-28(11-3-1)41-35-15-6-5-13-30(35)33-23-26(18-21-37(33)41)27-19-22-38-34(24-27)32-20-17-25-9-8-14-31-29-12-4-7-16-36(29)42(38)40(32)39(25)31/h1-24H. The molecule has 10 rings (SSSR count). The molecule has 3 aromatic heterocycles. The summed E-state index contributed by atoms with van der Waals surface area (Å²) in [7, 11) is 0. The summed E-state index contributed by atoms with van der Waals surface area (Å²) in [5.74, 6) is 0. The molecule has 42 heavy (non-hydrogen) atoms. The summed E-state index contributed by atoms with van der Waals surface area (Å²) in [6.45, 7) is 0. The first kappa shape index (κ1) is 22.1. The van der Waals surface area contributed by atoms with Crippen LogP contribution in [0.4, 0.5) is 0 Å². The van der Waals surface area contributed by atoms with Crippen molar-refractivity contribution in [1.82, 2.24) is 8.97 Å². The Morgan fingerprint density at radius 1 is 0.357 bits per heavy atom. The third kappa shape index (κ3) is 2.78. The molecule has 0 spiro atoms. The van der Waals surface area contributed by atoms with Crippen molar-refractivity contribution in [3.8, 4) is 16.8 Å². The molecule has 7 aromatic carbocycles. The third-order valence-electron chi connectivity index (χ3n) is 9.22. The molecule has 0 fully saturated rings. The van der Waals surface area contributed by atoms with Crippen molar-refractivity contribution in [2.75, 3.05) is 0 Å². The van der Waals surface area contributed by atoms with Gasteiger partial charge < -0.3 is 8.97 Å². The van der Waals surface area contributed by atoms with Crippen LogP contribution in [0.2, 0.25) is 0 Å². The van der Waals surface area contributed by atoms with Crippen LogP contribution < -0.4 is 0 Å². The molecule has 0 atom stereocenters. The zero-order valence-electron chi connectivity index (χ0n) is 22.8. The maximum absolute atomic E-state index is 2.48. The molecule has 2 nitrogen and oxygen atoms in total. The van der Waals surface area contributed by atoms with Gasteiger partial charge in [0.05, 0.1) is 27.6 Å². The summed E-state index contributed by atoms with van der Waals surface area (Å²) >= 11 is 0. The topological polar surface area (TPSA) is 9.34 Å². The highest BCUT2D eigenvalue weighted by molar-refractivity contribution is 6.28. The number of benzene rings is 7. The molecule has 0 N–H and O–H groups in total. The van der Waals surface area contributed by atoms with E-state index in [0.717, 1.165) is 0 Å². The summed E-state index contributed by atoms with van der Waals surface area (Å²) in [5.41, 5.74) is 9.94. The Kier molecular flexibility index (Phi) is 4.21. The minimum atomic E-state index is 1.18. The first-order valence-electron chi connectivity index (χ1n) is 14.5. The van der Waals surface area contributed by atoms with Gasteiger partial charge >= 0.3 is 0 Å². The van der Waals surface area contributed by atoms with Gasteiger partial charge in [-0.2, -0.15) is 0 Å². The van der Waals surface area contributed by atoms with Gasteiger partial charge in [-0.1, -0.05) is 97.1 Å². The maximum atomic E-state index is 2.48. The summed E-state index contributed by atoms with van der Waals surface area (Å²) < 4.78 is 4.86. The molecule has 194 valence electrons. The van der Waals surface area contributed by atoms with Crippen molar-refractivity contribution >= 4 is 70.7 Å². The maximum Gasteiger partial charge on any atom is 0.0625 e. The van der Waals surface area contributed by atoms with Gasteiger partial charge in [-0.05, 0) is 70.4 Å². The Labute approximate surface area is 241 Å². The molecule has 0 saturated carbocycles. The van der Waals surface area contributed by atoms with E-state index in [2.05, 4.69) is 155 Å². The number of nitrogens with zero attached hydrogens (tertiary/aromatic N) is 2. The molecule has 0 bridgehead atoms. The largest absolute Gasteiger partial charge is 0.309 e. The lowest BCUT2D eigenvalue weighted by atomic mass is 9.98. The van der Waals surface area contributed by atoms with Crippen LogP contribution in [0.15, 0.2) is 146 Å². The fourth-order valence-electron chi connectivity index (χ4n) is 7.44. The van der Waals surface area contributed by atoms with Gasteiger partial charge in [0.15, 0.2) is 0 Å². The van der Waals surface area contributed by atoms with E-state index in [1.807, 2.05) is 0 Å². The zero-order valence-corrected chi connectivity index (χ0v) is 22.8. The highest BCUT2D eigenvalue weighted by Crippen LogP contribution is 2.42. The van der Waals surface area contributed by atoms with E-state index in [9.17, 15) is 0 Å². The van der Waals surface area contributed by atoms with Crippen molar-refractivity contribution in [2.24, 2.45) is 0 Å². The Morgan fingerprint density at radius 3 is 1.76 bits per heavy atom. The summed E-state index contributed by atoms with van der Waals surface area (Å²) in [4.78, 5) is 0. The highest BCUT2D eigenvalue weighted by Gasteiger charge is 2.19. The Hall–Kier alpha value is -5.60. The highest BCUT2D eigenvalue weighted by atomic mass is 15.0. The lowest BCUT2D eigenvalue weighted by Gasteiger charge is -2.12. The molecule has 0 unspecified atom stereocenters. The van der Waals surface area contributed by atoms with E-state index < -0.39 is 0 Å². The van der Waals surface area contributed by atoms with E-state index in [1.165, 1.54) is 87.5 Å². The summed E-state index contributed by atoms with van der Waals surface area (Å²) in [6.07, 6.45) is 0. The van der Waals surface area contributed by atoms with E-state index in [0.29, 0.717) is 0 Å². The molecule has 10 aromatic rings. The predicted octanol–water partition coefficient (Wildman–Crippen LogP) is 10.8. The lowest BCUT2D eigenvalue weighted by molar-refractivity contribution is 1.18. The molecule has 2 heteroatoms. The average Bonchev–Trinajstić information content (AvgIpc) is 3.57. The van der Waals surface area contributed by atoms with Crippen molar-refractivity contribution < 1.29 is 0 Å². The van der Waals surface area contributed by atoms with Crippen LogP contribution in [-0.4, -0.2) is 8.97 Å². The Balaban J connectivity index is 1.27. The third-order valence-corrected chi connectivity index (χ3v) is 9.22. The summed E-state index contributed by atoms with van der Waals surface area (Å²) in [5, 5.41) is 10.4. The average molecular weight is 533 g/mol. The van der Waals surface area contributed by atoms with Gasteiger partial charge in [-0.3, -0.25) is 0 Å². The van der Waals surface area contributed by atoms with Gasteiger partial charge in [0.1, 0.15) is 0 Å². The first-order valence-corrected chi connectivity index (χ1v) is 14.5. The zero-order chi connectivity index (χ0) is 27.4. The Bertz CT molecular complexity index is 2660. The monoisotopic (exact) mass is 532 g/mol. The van der Waals surface area contributed by atoms with E-state index in [4.69, 9.17) is 0 Å². The SMILES string of the molecule is c1ccc(-n2c3ccccc3c3cc(-c4ccc5c(c4)c4ccc6cccc7c8ccccc8n5c4c67)ccc32)cc1. The minimum Gasteiger partial charge on any atom is -0.309 e. The number of aromatic nitrogens is 2. The number of fused-ring (bicyclic) bond motifs is 9. The molecule has 0 saturated heterocycles.